The van der Waals surface area contributed by atoms with Crippen molar-refractivity contribution in [1.29, 1.82) is 0 Å². The van der Waals surface area contributed by atoms with Crippen LogP contribution in [-0.2, 0) is 6.42 Å². The van der Waals surface area contributed by atoms with Gasteiger partial charge >= 0.3 is 5.97 Å². The third kappa shape index (κ3) is 4.59. The Morgan fingerprint density at radius 2 is 1.82 bits per heavy atom. The molecule has 0 aliphatic heterocycles. The molecule has 144 valence electrons. The number of methoxy groups -OCH3 is 2. The number of ether oxygens (including phenoxy) is 3. The van der Waals surface area contributed by atoms with Crippen molar-refractivity contribution in [1.82, 2.24) is 4.98 Å². The van der Waals surface area contributed by atoms with Gasteiger partial charge in [0.15, 0.2) is 11.5 Å². The molecule has 0 atom stereocenters. The maximum atomic E-state index is 11.2. The van der Waals surface area contributed by atoms with Crippen LogP contribution in [0.4, 0.5) is 0 Å². The first-order valence-corrected chi connectivity index (χ1v) is 8.74. The molecule has 3 aromatic rings. The number of hydrogen-bond acceptors (Lipinski definition) is 5. The molecule has 28 heavy (non-hydrogen) atoms. The zero-order chi connectivity index (χ0) is 19.9. The summed E-state index contributed by atoms with van der Waals surface area (Å²) in [4.78, 5) is 15.5. The average molecular weight is 379 g/mol. The fourth-order valence-electron chi connectivity index (χ4n) is 2.79. The Labute approximate surface area is 163 Å². The number of carboxylic acid groups (broad SMARTS) is 1. The van der Waals surface area contributed by atoms with E-state index in [-0.39, 0.29) is 5.56 Å². The Kier molecular flexibility index (Phi) is 6.11. The van der Waals surface area contributed by atoms with Crippen LogP contribution < -0.4 is 14.2 Å². The van der Waals surface area contributed by atoms with E-state index in [9.17, 15) is 4.79 Å². The summed E-state index contributed by atoms with van der Waals surface area (Å²) in [7, 11) is 3.21. The van der Waals surface area contributed by atoms with Crippen LogP contribution in [0.5, 0.6) is 17.2 Å². The molecule has 3 rings (SSSR count). The predicted octanol–water partition coefficient (Wildman–Crippen LogP) is 4.09. The molecule has 0 saturated heterocycles. The van der Waals surface area contributed by atoms with Gasteiger partial charge in [0.2, 0.25) is 0 Å². The second-order valence-corrected chi connectivity index (χ2v) is 6.05. The van der Waals surface area contributed by atoms with Gasteiger partial charge in [-0.3, -0.25) is 4.98 Å². The maximum Gasteiger partial charge on any atom is 0.335 e. The lowest BCUT2D eigenvalue weighted by atomic mass is 10.1. The predicted molar refractivity (Wildman–Crippen MR) is 105 cm³/mol. The highest BCUT2D eigenvalue weighted by atomic mass is 16.5. The molecule has 0 bridgehead atoms. The molecule has 0 fully saturated rings. The van der Waals surface area contributed by atoms with E-state index in [2.05, 4.69) is 4.98 Å². The van der Waals surface area contributed by atoms with Gasteiger partial charge in [-0.2, -0.15) is 0 Å². The summed E-state index contributed by atoms with van der Waals surface area (Å²) < 4.78 is 16.4. The van der Waals surface area contributed by atoms with Crippen LogP contribution >= 0.6 is 0 Å². The van der Waals surface area contributed by atoms with E-state index >= 15 is 0 Å². The second-order valence-electron chi connectivity index (χ2n) is 6.05. The van der Waals surface area contributed by atoms with Gasteiger partial charge in [0.25, 0.3) is 0 Å². The van der Waals surface area contributed by atoms with E-state index in [1.807, 2.05) is 24.3 Å². The number of hydrogen-bond donors (Lipinski definition) is 1. The summed E-state index contributed by atoms with van der Waals surface area (Å²) in [6, 6.07) is 16.0. The first kappa shape index (κ1) is 19.2. The van der Waals surface area contributed by atoms with Crippen molar-refractivity contribution in [2.45, 2.75) is 6.42 Å². The number of carbonyl (C=O) groups is 1. The number of pyridine rings is 1. The van der Waals surface area contributed by atoms with Crippen LogP contribution in [0, 0.1) is 0 Å². The van der Waals surface area contributed by atoms with Gasteiger partial charge in [-0.1, -0.05) is 18.2 Å². The van der Waals surface area contributed by atoms with Gasteiger partial charge in [-0.25, -0.2) is 4.79 Å². The molecule has 0 spiro atoms. The summed E-state index contributed by atoms with van der Waals surface area (Å²) in [5, 5.41) is 9.14. The molecule has 2 aromatic carbocycles. The molecule has 0 amide bonds. The number of carboxylic acids is 1. The molecule has 0 aliphatic rings. The highest BCUT2D eigenvalue weighted by molar-refractivity contribution is 5.89. The molecule has 1 aromatic heterocycles. The topological polar surface area (TPSA) is 77.9 Å². The van der Waals surface area contributed by atoms with Crippen LogP contribution in [0.25, 0.3) is 11.3 Å². The van der Waals surface area contributed by atoms with Crippen LogP contribution in [0.15, 0.2) is 60.8 Å². The number of benzene rings is 2. The summed E-state index contributed by atoms with van der Waals surface area (Å²) >= 11 is 0. The average Bonchev–Trinajstić information content (AvgIpc) is 2.74. The molecular weight excluding hydrogens is 358 g/mol. The van der Waals surface area contributed by atoms with Crippen molar-refractivity contribution < 1.29 is 24.1 Å². The van der Waals surface area contributed by atoms with Crippen LogP contribution in [-0.4, -0.2) is 36.9 Å². The number of aromatic carboxylic acids is 1. The number of rotatable bonds is 8. The largest absolute Gasteiger partial charge is 0.493 e. The molecule has 0 radical (unpaired) electrons. The Morgan fingerprint density at radius 1 is 1.00 bits per heavy atom. The van der Waals surface area contributed by atoms with Gasteiger partial charge in [0.05, 0.1) is 32.1 Å². The fraction of sp³-hybridized carbons (Fsp3) is 0.182. The Balaban J connectivity index is 1.67. The third-order valence-electron chi connectivity index (χ3n) is 4.24. The molecule has 0 aliphatic carbocycles. The van der Waals surface area contributed by atoms with Gasteiger partial charge in [-0.15, -0.1) is 0 Å². The van der Waals surface area contributed by atoms with E-state index in [4.69, 9.17) is 19.3 Å². The molecule has 1 heterocycles. The van der Waals surface area contributed by atoms with Crippen molar-refractivity contribution in [2.24, 2.45) is 0 Å². The first-order chi connectivity index (χ1) is 13.6. The number of aromatic nitrogens is 1. The van der Waals surface area contributed by atoms with Gasteiger partial charge in [-0.05, 0) is 35.9 Å². The van der Waals surface area contributed by atoms with E-state index in [0.717, 1.165) is 11.1 Å². The van der Waals surface area contributed by atoms with Gasteiger partial charge in [0, 0.05) is 24.2 Å². The summed E-state index contributed by atoms with van der Waals surface area (Å²) in [6.07, 6.45) is 2.35. The van der Waals surface area contributed by atoms with Crippen molar-refractivity contribution in [3.05, 3.63) is 71.9 Å². The SMILES string of the molecule is COc1ccc(CCOc2ccnc(-c3cccc(C(=O)O)c3)c2)cc1OC. The standard InChI is InChI=1S/C22H21NO5/c1-26-20-7-6-15(12-21(20)27-2)9-11-28-18-8-10-23-19(14-18)16-4-3-5-17(13-16)22(24)25/h3-8,10,12-14H,9,11H2,1-2H3,(H,24,25). The van der Waals surface area contributed by atoms with E-state index in [0.29, 0.717) is 36.0 Å². The van der Waals surface area contributed by atoms with Crippen LogP contribution in [0.2, 0.25) is 0 Å². The van der Waals surface area contributed by atoms with E-state index in [1.54, 1.807) is 50.7 Å². The van der Waals surface area contributed by atoms with E-state index < -0.39 is 5.97 Å². The van der Waals surface area contributed by atoms with Crippen LogP contribution in [0.3, 0.4) is 0 Å². The summed E-state index contributed by atoms with van der Waals surface area (Å²) in [5.74, 6) is 1.08. The number of nitrogens with zero attached hydrogens (tertiary/aromatic N) is 1. The van der Waals surface area contributed by atoms with Crippen molar-refractivity contribution in [3.63, 3.8) is 0 Å². The zero-order valence-electron chi connectivity index (χ0n) is 15.7. The van der Waals surface area contributed by atoms with Gasteiger partial charge in [0.1, 0.15) is 5.75 Å². The van der Waals surface area contributed by atoms with Crippen molar-refractivity contribution in [3.8, 4) is 28.5 Å². The molecular formula is C22H21NO5. The highest BCUT2D eigenvalue weighted by Gasteiger charge is 2.08. The van der Waals surface area contributed by atoms with Crippen molar-refractivity contribution >= 4 is 5.97 Å². The van der Waals surface area contributed by atoms with Gasteiger partial charge < -0.3 is 19.3 Å². The fourth-order valence-corrected chi connectivity index (χ4v) is 2.79. The Bertz CT molecular complexity index is 971. The molecule has 0 saturated carbocycles. The molecule has 6 heteroatoms. The van der Waals surface area contributed by atoms with Crippen molar-refractivity contribution in [2.75, 3.05) is 20.8 Å². The minimum Gasteiger partial charge on any atom is -0.493 e. The smallest absolute Gasteiger partial charge is 0.335 e. The minimum absolute atomic E-state index is 0.221. The molecule has 6 nitrogen and oxygen atoms in total. The lowest BCUT2D eigenvalue weighted by Crippen LogP contribution is -2.02. The third-order valence-corrected chi connectivity index (χ3v) is 4.24. The second kappa shape index (κ2) is 8.90. The van der Waals surface area contributed by atoms with E-state index in [1.165, 1.54) is 0 Å². The van der Waals surface area contributed by atoms with Crippen LogP contribution in [0.1, 0.15) is 15.9 Å². The quantitative estimate of drug-likeness (QED) is 0.635. The Hall–Kier alpha value is -3.54. The molecule has 1 N–H and O–H groups in total. The zero-order valence-corrected chi connectivity index (χ0v) is 15.7. The lowest BCUT2D eigenvalue weighted by Gasteiger charge is -2.11. The lowest BCUT2D eigenvalue weighted by molar-refractivity contribution is 0.0697. The Morgan fingerprint density at radius 3 is 2.57 bits per heavy atom. The summed E-state index contributed by atoms with van der Waals surface area (Å²) in [5.41, 5.74) is 2.68. The monoisotopic (exact) mass is 379 g/mol. The highest BCUT2D eigenvalue weighted by Crippen LogP contribution is 2.28. The molecule has 0 unspecified atom stereocenters. The normalized spacial score (nSPS) is 10.4. The first-order valence-electron chi connectivity index (χ1n) is 8.74. The maximum absolute atomic E-state index is 11.2. The summed E-state index contributed by atoms with van der Waals surface area (Å²) in [6.45, 7) is 0.480. The minimum atomic E-state index is -0.968.